The molecule has 0 unspecified atom stereocenters. The third-order valence-corrected chi connectivity index (χ3v) is 6.18. The molecule has 7 heteroatoms. The van der Waals surface area contributed by atoms with Crippen molar-refractivity contribution in [3.05, 3.63) is 100 Å². The highest BCUT2D eigenvalue weighted by atomic mass is 32.2. The molecule has 1 aliphatic heterocycles. The summed E-state index contributed by atoms with van der Waals surface area (Å²) in [5, 5.41) is 10.7. The standard InChI is InChI=1S/C25H22N2O4S/c1-31-21-12-10-19(11-13-21)25-27(26-23(29)16-17-6-3-2-4-7-17)24(30)22(32-25)15-18-8-5-9-20(28)14-18/h2-15,25,28H,16H2,1H3,(H,26,29)/b22-15+/t25-/m1/s1. The first-order valence-electron chi connectivity index (χ1n) is 10.0. The molecule has 0 aliphatic carbocycles. The van der Waals surface area contributed by atoms with E-state index in [1.54, 1.807) is 37.5 Å². The van der Waals surface area contributed by atoms with E-state index in [2.05, 4.69) is 5.43 Å². The van der Waals surface area contributed by atoms with E-state index < -0.39 is 5.37 Å². The first-order chi connectivity index (χ1) is 15.5. The van der Waals surface area contributed by atoms with E-state index in [0.29, 0.717) is 16.2 Å². The van der Waals surface area contributed by atoms with E-state index in [4.69, 9.17) is 4.74 Å². The fraction of sp³-hybridized carbons (Fsp3) is 0.120. The van der Waals surface area contributed by atoms with E-state index in [9.17, 15) is 14.7 Å². The zero-order chi connectivity index (χ0) is 22.5. The van der Waals surface area contributed by atoms with Crippen LogP contribution in [-0.2, 0) is 16.0 Å². The molecule has 1 fully saturated rings. The smallest absolute Gasteiger partial charge is 0.280 e. The maximum atomic E-state index is 13.2. The summed E-state index contributed by atoms with van der Waals surface area (Å²) in [6.07, 6.45) is 1.88. The lowest BCUT2D eigenvalue weighted by molar-refractivity contribution is -0.137. The summed E-state index contributed by atoms with van der Waals surface area (Å²) in [6, 6.07) is 23.4. The van der Waals surface area contributed by atoms with Crippen LogP contribution in [0, 0.1) is 0 Å². The number of methoxy groups -OCH3 is 1. The first-order valence-corrected chi connectivity index (χ1v) is 10.9. The van der Waals surface area contributed by atoms with Gasteiger partial charge in [0.2, 0.25) is 5.91 Å². The van der Waals surface area contributed by atoms with Gasteiger partial charge < -0.3 is 9.84 Å². The van der Waals surface area contributed by atoms with Gasteiger partial charge in [-0.1, -0.05) is 66.4 Å². The quantitative estimate of drug-likeness (QED) is 0.553. The van der Waals surface area contributed by atoms with Crippen molar-refractivity contribution in [3.63, 3.8) is 0 Å². The minimum absolute atomic E-state index is 0.120. The van der Waals surface area contributed by atoms with Crippen molar-refractivity contribution < 1.29 is 19.4 Å². The molecule has 0 aromatic heterocycles. The molecule has 1 heterocycles. The highest BCUT2D eigenvalue weighted by molar-refractivity contribution is 8.04. The Morgan fingerprint density at radius 3 is 2.53 bits per heavy atom. The number of hydrazine groups is 1. The summed E-state index contributed by atoms with van der Waals surface area (Å²) in [5.74, 6) is 0.246. The Hall–Kier alpha value is -3.71. The SMILES string of the molecule is COc1ccc([C@H]2S/C(=C/c3cccc(O)c3)C(=O)N2NC(=O)Cc2ccccc2)cc1. The van der Waals surface area contributed by atoms with Crippen molar-refractivity contribution in [2.45, 2.75) is 11.8 Å². The lowest BCUT2D eigenvalue weighted by Crippen LogP contribution is -2.44. The Kier molecular flexibility index (Phi) is 6.47. The molecule has 2 N–H and O–H groups in total. The Morgan fingerprint density at radius 2 is 1.84 bits per heavy atom. The van der Waals surface area contributed by atoms with Crippen LogP contribution in [0.3, 0.4) is 0 Å². The van der Waals surface area contributed by atoms with Gasteiger partial charge in [0.25, 0.3) is 5.91 Å². The number of nitrogens with zero attached hydrogens (tertiary/aromatic N) is 1. The number of carbonyl (C=O) groups is 2. The molecule has 3 aromatic rings. The van der Waals surface area contributed by atoms with Gasteiger partial charge in [0.05, 0.1) is 18.4 Å². The number of aromatic hydroxyl groups is 1. The fourth-order valence-corrected chi connectivity index (χ4v) is 4.55. The summed E-state index contributed by atoms with van der Waals surface area (Å²) in [5.41, 5.74) is 5.20. The van der Waals surface area contributed by atoms with Gasteiger partial charge in [-0.05, 0) is 47.0 Å². The van der Waals surface area contributed by atoms with Gasteiger partial charge in [-0.25, -0.2) is 5.01 Å². The van der Waals surface area contributed by atoms with Gasteiger partial charge in [-0.2, -0.15) is 0 Å². The van der Waals surface area contributed by atoms with Gasteiger partial charge in [-0.3, -0.25) is 15.0 Å². The second-order valence-corrected chi connectivity index (χ2v) is 8.34. The highest BCUT2D eigenvalue weighted by Crippen LogP contribution is 2.45. The summed E-state index contributed by atoms with van der Waals surface area (Å²) in [4.78, 5) is 26.4. The molecule has 1 atom stereocenters. The van der Waals surface area contributed by atoms with Crippen molar-refractivity contribution in [3.8, 4) is 11.5 Å². The maximum absolute atomic E-state index is 13.2. The lowest BCUT2D eigenvalue weighted by atomic mass is 10.1. The summed E-state index contributed by atoms with van der Waals surface area (Å²) < 4.78 is 5.23. The van der Waals surface area contributed by atoms with Crippen molar-refractivity contribution in [1.82, 2.24) is 10.4 Å². The first kappa shape index (κ1) is 21.5. The van der Waals surface area contributed by atoms with Gasteiger partial charge >= 0.3 is 0 Å². The maximum Gasteiger partial charge on any atom is 0.280 e. The van der Waals surface area contributed by atoms with Crippen molar-refractivity contribution in [1.29, 1.82) is 0 Å². The molecule has 6 nitrogen and oxygen atoms in total. The number of hydrogen-bond donors (Lipinski definition) is 2. The van der Waals surface area contributed by atoms with E-state index >= 15 is 0 Å². The van der Waals surface area contributed by atoms with E-state index in [-0.39, 0.29) is 24.0 Å². The van der Waals surface area contributed by atoms with Crippen LogP contribution in [0.4, 0.5) is 0 Å². The Bertz CT molecular complexity index is 1150. The number of carbonyl (C=O) groups excluding carboxylic acids is 2. The van der Waals surface area contributed by atoms with E-state index in [1.807, 2.05) is 54.6 Å². The van der Waals surface area contributed by atoms with Crippen LogP contribution in [0.25, 0.3) is 6.08 Å². The van der Waals surface area contributed by atoms with Crippen LogP contribution in [-0.4, -0.2) is 29.0 Å². The van der Waals surface area contributed by atoms with Gasteiger partial charge in [0.15, 0.2) is 0 Å². The zero-order valence-electron chi connectivity index (χ0n) is 17.4. The largest absolute Gasteiger partial charge is 0.508 e. The molecule has 0 bridgehead atoms. The molecule has 0 spiro atoms. The number of phenolic OH excluding ortho intramolecular Hbond substituents is 1. The number of ether oxygens (including phenoxy) is 1. The molecule has 0 radical (unpaired) electrons. The Balaban J connectivity index is 1.61. The molecule has 32 heavy (non-hydrogen) atoms. The predicted molar refractivity (Wildman–Crippen MR) is 125 cm³/mol. The molecule has 2 amide bonds. The third kappa shape index (κ3) is 4.95. The Labute approximate surface area is 190 Å². The molecule has 0 saturated carbocycles. The molecule has 162 valence electrons. The minimum Gasteiger partial charge on any atom is -0.508 e. The summed E-state index contributed by atoms with van der Waals surface area (Å²) in [7, 11) is 1.59. The normalized spacial score (nSPS) is 16.9. The summed E-state index contributed by atoms with van der Waals surface area (Å²) in [6.45, 7) is 0. The summed E-state index contributed by atoms with van der Waals surface area (Å²) >= 11 is 1.34. The van der Waals surface area contributed by atoms with Crippen LogP contribution in [0.15, 0.2) is 83.8 Å². The molecule has 1 saturated heterocycles. The molecule has 4 rings (SSSR count). The number of hydrogen-bond acceptors (Lipinski definition) is 5. The van der Waals surface area contributed by atoms with Crippen molar-refractivity contribution in [2.24, 2.45) is 0 Å². The monoisotopic (exact) mass is 446 g/mol. The zero-order valence-corrected chi connectivity index (χ0v) is 18.2. The average molecular weight is 447 g/mol. The second-order valence-electron chi connectivity index (χ2n) is 7.22. The second kappa shape index (κ2) is 9.62. The fourth-order valence-electron chi connectivity index (χ4n) is 3.36. The number of benzene rings is 3. The van der Waals surface area contributed by atoms with Gasteiger partial charge in [-0.15, -0.1) is 0 Å². The van der Waals surface area contributed by atoms with Crippen LogP contribution < -0.4 is 10.2 Å². The topological polar surface area (TPSA) is 78.9 Å². The number of amides is 2. The molecule has 3 aromatic carbocycles. The molecular weight excluding hydrogens is 424 g/mol. The number of nitrogens with one attached hydrogen (secondary N) is 1. The van der Waals surface area contributed by atoms with Crippen LogP contribution >= 0.6 is 11.8 Å². The van der Waals surface area contributed by atoms with E-state index in [0.717, 1.165) is 11.1 Å². The van der Waals surface area contributed by atoms with Gasteiger partial charge in [0.1, 0.15) is 16.9 Å². The number of rotatable bonds is 6. The lowest BCUT2D eigenvalue weighted by Gasteiger charge is -2.24. The van der Waals surface area contributed by atoms with Crippen molar-refractivity contribution >= 4 is 29.7 Å². The van der Waals surface area contributed by atoms with Gasteiger partial charge in [0, 0.05) is 0 Å². The molecular formula is C25H22N2O4S. The van der Waals surface area contributed by atoms with E-state index in [1.165, 1.54) is 16.8 Å². The average Bonchev–Trinajstić information content (AvgIpc) is 3.09. The Morgan fingerprint density at radius 1 is 1.09 bits per heavy atom. The number of phenols is 1. The number of thioether (sulfide) groups is 1. The molecule has 1 aliphatic rings. The van der Waals surface area contributed by atoms with Crippen LogP contribution in [0.2, 0.25) is 0 Å². The minimum atomic E-state index is -0.434. The predicted octanol–water partition coefficient (Wildman–Crippen LogP) is 4.29. The van der Waals surface area contributed by atoms with Crippen LogP contribution in [0.5, 0.6) is 11.5 Å². The van der Waals surface area contributed by atoms with Crippen LogP contribution in [0.1, 0.15) is 22.1 Å². The third-order valence-electron chi connectivity index (χ3n) is 4.92. The highest BCUT2D eigenvalue weighted by Gasteiger charge is 2.38. The van der Waals surface area contributed by atoms with Crippen molar-refractivity contribution in [2.75, 3.05) is 7.11 Å².